The Balaban J connectivity index is 1.75. The van der Waals surface area contributed by atoms with Crippen molar-refractivity contribution in [2.24, 2.45) is 0 Å². The van der Waals surface area contributed by atoms with Crippen molar-refractivity contribution in [1.82, 2.24) is 10.2 Å². The second-order valence-electron chi connectivity index (χ2n) is 7.88. The zero-order valence-corrected chi connectivity index (χ0v) is 19.4. The second-order valence-corrected chi connectivity index (χ2v) is 8.27. The first-order valence-electron chi connectivity index (χ1n) is 10.7. The van der Waals surface area contributed by atoms with E-state index in [0.717, 1.165) is 35.5 Å². The van der Waals surface area contributed by atoms with Gasteiger partial charge in [0.05, 0.1) is 7.11 Å². The number of methoxy groups -OCH3 is 1. The highest BCUT2D eigenvalue weighted by Crippen LogP contribution is 2.25. The van der Waals surface area contributed by atoms with Crippen LogP contribution in [0.5, 0.6) is 11.5 Å². The van der Waals surface area contributed by atoms with E-state index in [0.29, 0.717) is 29.9 Å². The van der Waals surface area contributed by atoms with Crippen LogP contribution in [0.25, 0.3) is 6.08 Å². The van der Waals surface area contributed by atoms with Gasteiger partial charge in [0.2, 0.25) is 0 Å². The molecule has 164 valence electrons. The van der Waals surface area contributed by atoms with Crippen LogP contribution < -0.4 is 14.8 Å². The topological polar surface area (TPSA) is 50.8 Å². The maximum Gasteiger partial charge on any atom is 0.276 e. The summed E-state index contributed by atoms with van der Waals surface area (Å²) in [6, 6.07) is 13.9. The minimum Gasteiger partial charge on any atom is -0.496 e. The maximum atomic E-state index is 12.7. The summed E-state index contributed by atoms with van der Waals surface area (Å²) >= 11 is 5.32. The molecule has 0 atom stereocenters. The van der Waals surface area contributed by atoms with Crippen molar-refractivity contribution in [1.29, 1.82) is 0 Å². The van der Waals surface area contributed by atoms with E-state index < -0.39 is 0 Å². The Morgan fingerprint density at radius 2 is 1.90 bits per heavy atom. The van der Waals surface area contributed by atoms with Gasteiger partial charge in [-0.3, -0.25) is 9.69 Å². The van der Waals surface area contributed by atoms with Crippen LogP contribution in [-0.4, -0.2) is 29.6 Å². The monoisotopic (exact) mass is 438 g/mol. The smallest absolute Gasteiger partial charge is 0.276 e. The number of nitrogens with zero attached hydrogens (tertiary/aromatic N) is 1. The van der Waals surface area contributed by atoms with Gasteiger partial charge >= 0.3 is 0 Å². The Morgan fingerprint density at radius 3 is 2.55 bits per heavy atom. The Kier molecular flexibility index (Phi) is 7.69. The average molecular weight is 439 g/mol. The van der Waals surface area contributed by atoms with Crippen LogP contribution in [0.15, 0.2) is 48.2 Å². The van der Waals surface area contributed by atoms with Crippen LogP contribution >= 0.6 is 12.2 Å². The SMILES string of the molecule is CCCCN1C(=O)/C(=C\c2ccc(OC)c(COc3ccc(C(C)C)cc3)c2)NC1=S. The molecule has 1 amide bonds. The van der Waals surface area contributed by atoms with Gasteiger partial charge < -0.3 is 14.8 Å². The largest absolute Gasteiger partial charge is 0.496 e. The minimum absolute atomic E-state index is 0.0858. The molecule has 1 fully saturated rings. The highest BCUT2D eigenvalue weighted by Gasteiger charge is 2.29. The van der Waals surface area contributed by atoms with Crippen molar-refractivity contribution >= 4 is 29.3 Å². The fourth-order valence-electron chi connectivity index (χ4n) is 3.37. The van der Waals surface area contributed by atoms with Crippen molar-refractivity contribution in [3.63, 3.8) is 0 Å². The number of thiocarbonyl (C=S) groups is 1. The Morgan fingerprint density at radius 1 is 1.16 bits per heavy atom. The number of benzene rings is 2. The molecule has 5 nitrogen and oxygen atoms in total. The number of ether oxygens (including phenoxy) is 2. The van der Waals surface area contributed by atoms with Crippen molar-refractivity contribution in [2.45, 2.75) is 46.1 Å². The standard InChI is InChI=1S/C25H30N2O3S/c1-5-6-13-27-24(28)22(26-25(27)31)15-18-7-12-23(29-4)20(14-18)16-30-21-10-8-19(9-11-21)17(2)3/h7-12,14-15,17H,5-6,13,16H2,1-4H3,(H,26,31)/b22-15+. The van der Waals surface area contributed by atoms with Crippen LogP contribution in [0.3, 0.4) is 0 Å². The predicted molar refractivity (Wildman–Crippen MR) is 128 cm³/mol. The van der Waals surface area contributed by atoms with Gasteiger partial charge in [-0.1, -0.05) is 45.4 Å². The minimum atomic E-state index is -0.0858. The Hall–Kier alpha value is -2.86. The van der Waals surface area contributed by atoms with E-state index in [1.165, 1.54) is 5.56 Å². The van der Waals surface area contributed by atoms with E-state index in [-0.39, 0.29) is 5.91 Å². The van der Waals surface area contributed by atoms with Crippen LogP contribution in [0.2, 0.25) is 0 Å². The van der Waals surface area contributed by atoms with E-state index in [1.807, 2.05) is 36.4 Å². The highest BCUT2D eigenvalue weighted by atomic mass is 32.1. The fourth-order valence-corrected chi connectivity index (χ4v) is 3.65. The predicted octanol–water partition coefficient (Wildman–Crippen LogP) is 5.26. The maximum absolute atomic E-state index is 12.7. The number of hydrogen-bond donors (Lipinski definition) is 1. The summed E-state index contributed by atoms with van der Waals surface area (Å²) in [5.41, 5.74) is 3.55. The number of carbonyl (C=O) groups excluding carboxylic acids is 1. The third-order valence-electron chi connectivity index (χ3n) is 5.25. The molecule has 0 aliphatic carbocycles. The molecule has 6 heteroatoms. The summed E-state index contributed by atoms with van der Waals surface area (Å²) < 4.78 is 11.5. The summed E-state index contributed by atoms with van der Waals surface area (Å²) in [6.45, 7) is 7.42. The van der Waals surface area contributed by atoms with E-state index >= 15 is 0 Å². The lowest BCUT2D eigenvalue weighted by Crippen LogP contribution is -2.31. The lowest BCUT2D eigenvalue weighted by Gasteiger charge is -2.13. The van der Waals surface area contributed by atoms with Gasteiger partial charge in [0.1, 0.15) is 23.8 Å². The molecule has 1 N–H and O–H groups in total. The normalized spacial score (nSPS) is 15.0. The lowest BCUT2D eigenvalue weighted by atomic mass is 10.0. The zero-order chi connectivity index (χ0) is 22.4. The van der Waals surface area contributed by atoms with Crippen molar-refractivity contribution < 1.29 is 14.3 Å². The first-order chi connectivity index (χ1) is 14.9. The van der Waals surface area contributed by atoms with Crippen molar-refractivity contribution in [3.8, 4) is 11.5 Å². The molecule has 0 unspecified atom stereocenters. The van der Waals surface area contributed by atoms with Crippen molar-refractivity contribution in [2.75, 3.05) is 13.7 Å². The molecule has 0 bridgehead atoms. The molecule has 0 radical (unpaired) electrons. The van der Waals surface area contributed by atoms with Crippen LogP contribution in [0, 0.1) is 0 Å². The van der Waals surface area contributed by atoms with Crippen LogP contribution in [-0.2, 0) is 11.4 Å². The molecule has 2 aromatic carbocycles. The number of rotatable bonds is 9. The quantitative estimate of drug-likeness (QED) is 0.428. The Bertz CT molecular complexity index is 967. The van der Waals surface area contributed by atoms with Gasteiger partial charge in [0.15, 0.2) is 5.11 Å². The van der Waals surface area contributed by atoms with E-state index in [2.05, 4.69) is 38.2 Å². The number of amides is 1. The van der Waals surface area contributed by atoms with Gasteiger partial charge in [0.25, 0.3) is 5.91 Å². The van der Waals surface area contributed by atoms with Crippen LogP contribution in [0.1, 0.15) is 56.2 Å². The summed E-state index contributed by atoms with van der Waals surface area (Å²) in [4.78, 5) is 14.3. The molecule has 0 saturated carbocycles. The molecular formula is C25H30N2O3S. The molecule has 1 aliphatic heterocycles. The highest BCUT2D eigenvalue weighted by molar-refractivity contribution is 7.80. The third kappa shape index (κ3) is 5.64. The molecule has 2 aromatic rings. The zero-order valence-electron chi connectivity index (χ0n) is 18.6. The molecule has 3 rings (SSSR count). The van der Waals surface area contributed by atoms with Gasteiger partial charge in [-0.05, 0) is 66.0 Å². The lowest BCUT2D eigenvalue weighted by molar-refractivity contribution is -0.122. The molecule has 1 saturated heterocycles. The summed E-state index contributed by atoms with van der Waals surface area (Å²) in [7, 11) is 1.64. The van der Waals surface area contributed by atoms with Crippen molar-refractivity contribution in [3.05, 3.63) is 64.9 Å². The third-order valence-corrected chi connectivity index (χ3v) is 5.58. The summed E-state index contributed by atoms with van der Waals surface area (Å²) in [5, 5.41) is 3.50. The molecule has 0 aromatic heterocycles. The van der Waals surface area contributed by atoms with Gasteiger partial charge in [-0.2, -0.15) is 0 Å². The Labute approximate surface area is 190 Å². The molecule has 1 heterocycles. The van der Waals surface area contributed by atoms with E-state index in [9.17, 15) is 4.79 Å². The van der Waals surface area contributed by atoms with Crippen LogP contribution in [0.4, 0.5) is 0 Å². The van der Waals surface area contributed by atoms with Gasteiger partial charge in [0, 0.05) is 12.1 Å². The fraction of sp³-hybridized carbons (Fsp3) is 0.360. The van der Waals surface area contributed by atoms with Gasteiger partial charge in [-0.25, -0.2) is 0 Å². The van der Waals surface area contributed by atoms with E-state index in [1.54, 1.807) is 12.0 Å². The number of carbonyl (C=O) groups is 1. The van der Waals surface area contributed by atoms with Gasteiger partial charge in [-0.15, -0.1) is 0 Å². The molecular weight excluding hydrogens is 408 g/mol. The molecule has 31 heavy (non-hydrogen) atoms. The number of hydrogen-bond acceptors (Lipinski definition) is 4. The number of nitrogens with one attached hydrogen (secondary N) is 1. The number of unbranched alkanes of at least 4 members (excludes halogenated alkanes) is 1. The first-order valence-corrected chi connectivity index (χ1v) is 11.1. The molecule has 1 aliphatic rings. The molecule has 0 spiro atoms. The first kappa shape index (κ1) is 22.8. The van der Waals surface area contributed by atoms with E-state index in [4.69, 9.17) is 21.7 Å². The summed E-state index contributed by atoms with van der Waals surface area (Å²) in [5.74, 6) is 1.94. The average Bonchev–Trinajstić information content (AvgIpc) is 3.03. The summed E-state index contributed by atoms with van der Waals surface area (Å²) in [6.07, 6.45) is 3.75. The second kappa shape index (κ2) is 10.4.